The van der Waals surface area contributed by atoms with Gasteiger partial charge in [-0.15, -0.1) is 0 Å². The standard InChI is InChI=1S/C18H23ClN6O2/c1-9-6-22-12(10(2)15(9)27-4)8-25-7-11(5-13(26)21-3)14-16(19)23-18(20)24-17(14)25/h6,11H,5,7-8H2,1-4H3,(H,21,26)(H2,20,23,24). The van der Waals surface area contributed by atoms with Gasteiger partial charge >= 0.3 is 0 Å². The number of amides is 1. The predicted octanol–water partition coefficient (Wildman–Crippen LogP) is 1.97. The molecule has 0 aliphatic carbocycles. The Morgan fingerprint density at radius 3 is 2.85 bits per heavy atom. The fourth-order valence-corrected chi connectivity index (χ4v) is 3.85. The van der Waals surface area contributed by atoms with Gasteiger partial charge in [0, 0.05) is 48.8 Å². The lowest BCUT2D eigenvalue weighted by Crippen LogP contribution is -2.26. The zero-order chi connectivity index (χ0) is 19.7. The molecule has 8 nitrogen and oxygen atoms in total. The third kappa shape index (κ3) is 3.62. The summed E-state index contributed by atoms with van der Waals surface area (Å²) in [7, 11) is 3.26. The molecule has 0 spiro atoms. The number of methoxy groups -OCH3 is 1. The highest BCUT2D eigenvalue weighted by Gasteiger charge is 2.35. The van der Waals surface area contributed by atoms with E-state index in [1.807, 2.05) is 18.7 Å². The fraction of sp³-hybridized carbons (Fsp3) is 0.444. The third-order valence-corrected chi connectivity index (χ3v) is 5.13. The zero-order valence-electron chi connectivity index (χ0n) is 15.8. The van der Waals surface area contributed by atoms with E-state index in [1.54, 1.807) is 20.4 Å². The maximum absolute atomic E-state index is 11.9. The van der Waals surface area contributed by atoms with Crippen LogP contribution >= 0.6 is 11.6 Å². The topological polar surface area (TPSA) is 106 Å². The van der Waals surface area contributed by atoms with E-state index in [4.69, 9.17) is 22.1 Å². The van der Waals surface area contributed by atoms with Gasteiger partial charge in [0.05, 0.1) is 19.3 Å². The lowest BCUT2D eigenvalue weighted by Gasteiger charge is -2.21. The Bertz CT molecular complexity index is 889. The number of pyridine rings is 1. The second kappa shape index (κ2) is 7.56. The maximum Gasteiger partial charge on any atom is 0.223 e. The number of carbonyl (C=O) groups excluding carboxylic acids is 1. The molecule has 0 bridgehead atoms. The monoisotopic (exact) mass is 390 g/mol. The van der Waals surface area contributed by atoms with Gasteiger partial charge in [0.1, 0.15) is 16.7 Å². The van der Waals surface area contributed by atoms with Crippen molar-refractivity contribution in [2.75, 3.05) is 31.3 Å². The number of aromatic nitrogens is 3. The number of aryl methyl sites for hydroxylation is 1. The molecule has 2 aromatic heterocycles. The molecule has 0 saturated heterocycles. The van der Waals surface area contributed by atoms with Gasteiger partial charge in [0.25, 0.3) is 0 Å². The summed E-state index contributed by atoms with van der Waals surface area (Å²) < 4.78 is 5.50. The minimum atomic E-state index is -0.110. The van der Waals surface area contributed by atoms with Gasteiger partial charge < -0.3 is 20.7 Å². The number of halogens is 1. The Labute approximate surface area is 163 Å². The van der Waals surface area contributed by atoms with E-state index in [1.165, 1.54) is 0 Å². The number of nitrogens with one attached hydrogen (secondary N) is 1. The summed E-state index contributed by atoms with van der Waals surface area (Å²) in [5, 5.41) is 2.95. The average molecular weight is 391 g/mol. The van der Waals surface area contributed by atoms with Gasteiger partial charge in [0.2, 0.25) is 11.9 Å². The Balaban J connectivity index is 1.97. The van der Waals surface area contributed by atoms with Crippen molar-refractivity contribution in [3.8, 4) is 5.75 Å². The highest BCUT2D eigenvalue weighted by atomic mass is 35.5. The van der Waals surface area contributed by atoms with Crippen molar-refractivity contribution < 1.29 is 9.53 Å². The molecule has 1 atom stereocenters. The largest absolute Gasteiger partial charge is 0.496 e. The van der Waals surface area contributed by atoms with Crippen LogP contribution in [-0.4, -0.2) is 41.6 Å². The van der Waals surface area contributed by atoms with Crippen molar-refractivity contribution in [1.82, 2.24) is 20.3 Å². The molecule has 1 aliphatic heterocycles. The van der Waals surface area contributed by atoms with E-state index in [-0.39, 0.29) is 17.8 Å². The van der Waals surface area contributed by atoms with E-state index in [0.717, 1.165) is 28.1 Å². The van der Waals surface area contributed by atoms with Crippen LogP contribution in [0.2, 0.25) is 5.15 Å². The summed E-state index contributed by atoms with van der Waals surface area (Å²) in [6.45, 7) is 5.03. The molecule has 1 amide bonds. The first-order valence-corrected chi connectivity index (χ1v) is 9.01. The lowest BCUT2D eigenvalue weighted by atomic mass is 10.0. The number of ether oxygens (including phenoxy) is 1. The summed E-state index contributed by atoms with van der Waals surface area (Å²) in [5.74, 6) is 1.41. The summed E-state index contributed by atoms with van der Waals surface area (Å²) in [5.41, 5.74) is 9.39. The number of nitrogens with two attached hydrogens (primary N) is 1. The Morgan fingerprint density at radius 2 is 2.19 bits per heavy atom. The smallest absolute Gasteiger partial charge is 0.223 e. The van der Waals surface area contributed by atoms with Crippen LogP contribution in [0.25, 0.3) is 0 Å². The number of hydrogen-bond acceptors (Lipinski definition) is 7. The van der Waals surface area contributed by atoms with Crippen LogP contribution in [0.5, 0.6) is 5.75 Å². The van der Waals surface area contributed by atoms with Crippen LogP contribution in [0.15, 0.2) is 6.20 Å². The number of anilines is 2. The Hall–Kier alpha value is -2.61. The first kappa shape index (κ1) is 19.2. The number of carbonyl (C=O) groups is 1. The molecule has 1 aliphatic rings. The summed E-state index contributed by atoms with van der Waals surface area (Å²) in [4.78, 5) is 27.0. The second-order valence-electron chi connectivity index (χ2n) is 6.61. The van der Waals surface area contributed by atoms with Crippen molar-refractivity contribution in [2.24, 2.45) is 0 Å². The fourth-order valence-electron chi connectivity index (χ4n) is 3.53. The van der Waals surface area contributed by atoms with Crippen LogP contribution in [0.4, 0.5) is 11.8 Å². The molecule has 2 aromatic rings. The highest BCUT2D eigenvalue weighted by molar-refractivity contribution is 6.30. The molecule has 1 unspecified atom stereocenters. The average Bonchev–Trinajstić information content (AvgIpc) is 2.95. The summed E-state index contributed by atoms with van der Waals surface area (Å²) in [6, 6.07) is 0. The van der Waals surface area contributed by atoms with Gasteiger partial charge in [-0.1, -0.05) is 11.6 Å². The normalized spacial score (nSPS) is 15.6. The van der Waals surface area contributed by atoms with Gasteiger partial charge in [0.15, 0.2) is 0 Å². The zero-order valence-corrected chi connectivity index (χ0v) is 16.6. The molecular formula is C18H23ClN6O2. The van der Waals surface area contributed by atoms with Gasteiger partial charge in [-0.3, -0.25) is 9.78 Å². The molecular weight excluding hydrogens is 368 g/mol. The van der Waals surface area contributed by atoms with E-state index < -0.39 is 0 Å². The van der Waals surface area contributed by atoms with E-state index >= 15 is 0 Å². The Morgan fingerprint density at radius 1 is 1.44 bits per heavy atom. The molecule has 144 valence electrons. The number of fused-ring (bicyclic) bond motifs is 1. The number of nitrogens with zero attached hydrogens (tertiary/aromatic N) is 4. The van der Waals surface area contributed by atoms with Crippen LogP contribution in [0.1, 0.15) is 34.7 Å². The first-order valence-electron chi connectivity index (χ1n) is 8.63. The van der Waals surface area contributed by atoms with E-state index in [0.29, 0.717) is 30.5 Å². The highest BCUT2D eigenvalue weighted by Crippen LogP contribution is 2.41. The lowest BCUT2D eigenvalue weighted by molar-refractivity contribution is -0.120. The molecule has 27 heavy (non-hydrogen) atoms. The molecule has 0 radical (unpaired) electrons. The van der Waals surface area contributed by atoms with Crippen LogP contribution in [-0.2, 0) is 11.3 Å². The molecule has 0 fully saturated rings. The van der Waals surface area contributed by atoms with E-state index in [2.05, 4.69) is 20.3 Å². The molecule has 0 saturated carbocycles. The van der Waals surface area contributed by atoms with Crippen LogP contribution < -0.4 is 20.7 Å². The van der Waals surface area contributed by atoms with E-state index in [9.17, 15) is 4.79 Å². The first-order chi connectivity index (χ1) is 12.8. The molecule has 3 rings (SSSR count). The van der Waals surface area contributed by atoms with Gasteiger partial charge in [-0.2, -0.15) is 4.98 Å². The molecule has 3 N–H and O–H groups in total. The van der Waals surface area contributed by atoms with Crippen LogP contribution in [0.3, 0.4) is 0 Å². The van der Waals surface area contributed by atoms with Crippen molar-refractivity contribution in [3.63, 3.8) is 0 Å². The maximum atomic E-state index is 11.9. The van der Waals surface area contributed by atoms with Crippen molar-refractivity contribution in [1.29, 1.82) is 0 Å². The van der Waals surface area contributed by atoms with Gasteiger partial charge in [-0.05, 0) is 13.8 Å². The quantitative estimate of drug-likeness (QED) is 0.751. The minimum Gasteiger partial charge on any atom is -0.496 e. The molecule has 3 heterocycles. The number of nitrogen functional groups attached to an aromatic ring is 1. The predicted molar refractivity (Wildman–Crippen MR) is 104 cm³/mol. The third-order valence-electron chi connectivity index (χ3n) is 4.85. The summed E-state index contributed by atoms with van der Waals surface area (Å²) >= 11 is 6.34. The second-order valence-corrected chi connectivity index (χ2v) is 6.97. The van der Waals surface area contributed by atoms with Crippen LogP contribution in [0, 0.1) is 13.8 Å². The molecule has 9 heteroatoms. The van der Waals surface area contributed by atoms with Gasteiger partial charge in [-0.25, -0.2) is 4.98 Å². The Kier molecular flexibility index (Phi) is 5.36. The van der Waals surface area contributed by atoms with Crippen molar-refractivity contribution >= 4 is 29.3 Å². The molecule has 0 aromatic carbocycles. The number of rotatable bonds is 5. The number of hydrogen-bond donors (Lipinski definition) is 2. The summed E-state index contributed by atoms with van der Waals surface area (Å²) in [6.07, 6.45) is 2.10. The SMILES string of the molecule is CNC(=O)CC1CN(Cc2ncc(C)c(OC)c2C)c2nc(N)nc(Cl)c21. The van der Waals surface area contributed by atoms with Crippen molar-refractivity contribution in [2.45, 2.75) is 32.7 Å². The van der Waals surface area contributed by atoms with Crippen molar-refractivity contribution in [3.05, 3.63) is 33.7 Å². The minimum absolute atomic E-state index is 0.0630.